The summed E-state index contributed by atoms with van der Waals surface area (Å²) in [5, 5.41) is 2.82. The molecule has 0 aliphatic carbocycles. The second-order valence-corrected chi connectivity index (χ2v) is 5.77. The van der Waals surface area contributed by atoms with Gasteiger partial charge >= 0.3 is 0 Å². The molecule has 0 amide bonds. The normalized spacial score (nSPS) is 10.8. The van der Waals surface area contributed by atoms with Crippen LogP contribution in [-0.4, -0.2) is 10.8 Å². The molecule has 3 rings (SSSR count). The van der Waals surface area contributed by atoms with Crippen LogP contribution in [0.1, 0.15) is 15.9 Å². The highest BCUT2D eigenvalue weighted by Gasteiger charge is 2.14. The number of pyridine rings is 1. The Bertz CT molecular complexity index is 782. The van der Waals surface area contributed by atoms with Gasteiger partial charge in [-0.1, -0.05) is 23.2 Å². The molecule has 1 aromatic carbocycles. The quantitative estimate of drug-likeness (QED) is 0.634. The Morgan fingerprint density at radius 3 is 2.84 bits per heavy atom. The van der Waals surface area contributed by atoms with E-state index in [1.807, 2.05) is 17.5 Å². The molecule has 0 saturated heterocycles. The second-order valence-electron chi connectivity index (χ2n) is 3.98. The first-order chi connectivity index (χ1) is 9.15. The lowest BCUT2D eigenvalue weighted by Crippen LogP contribution is -2.02. The first kappa shape index (κ1) is 12.6. The number of hydrogen-bond acceptors (Lipinski definition) is 3. The van der Waals surface area contributed by atoms with Gasteiger partial charge in [0.1, 0.15) is 0 Å². The lowest BCUT2D eigenvalue weighted by molar-refractivity contribution is 0.103. The van der Waals surface area contributed by atoms with E-state index in [0.717, 1.165) is 10.2 Å². The van der Waals surface area contributed by atoms with Crippen molar-refractivity contribution in [2.45, 2.75) is 0 Å². The number of benzene rings is 1. The Labute approximate surface area is 123 Å². The van der Waals surface area contributed by atoms with Crippen LogP contribution in [0.4, 0.5) is 0 Å². The number of thiophene rings is 1. The minimum absolute atomic E-state index is 0.171. The first-order valence-corrected chi connectivity index (χ1v) is 7.12. The number of halogens is 2. The zero-order valence-corrected chi connectivity index (χ0v) is 11.9. The van der Waals surface area contributed by atoms with E-state index in [9.17, 15) is 4.79 Å². The molecule has 2 nitrogen and oxygen atoms in total. The molecule has 0 aliphatic heterocycles. The third-order valence-electron chi connectivity index (χ3n) is 2.74. The predicted molar refractivity (Wildman–Crippen MR) is 79.5 cm³/mol. The van der Waals surface area contributed by atoms with E-state index >= 15 is 0 Å². The van der Waals surface area contributed by atoms with Crippen LogP contribution in [0.2, 0.25) is 10.0 Å². The van der Waals surface area contributed by atoms with Gasteiger partial charge < -0.3 is 0 Å². The average Bonchev–Trinajstić information content (AvgIpc) is 2.88. The maximum Gasteiger partial charge on any atom is 0.196 e. The SMILES string of the molecule is O=C(c1cnc2ccsc2c1)c1cc(Cl)ccc1Cl. The molecule has 0 N–H and O–H groups in total. The van der Waals surface area contributed by atoms with Gasteiger partial charge in [-0.2, -0.15) is 0 Å². The highest BCUT2D eigenvalue weighted by atomic mass is 35.5. The van der Waals surface area contributed by atoms with Crippen molar-refractivity contribution in [2.24, 2.45) is 0 Å². The van der Waals surface area contributed by atoms with Crippen LogP contribution in [0.15, 0.2) is 41.9 Å². The summed E-state index contributed by atoms with van der Waals surface area (Å²) in [6, 6.07) is 8.59. The highest BCUT2D eigenvalue weighted by molar-refractivity contribution is 7.17. The maximum atomic E-state index is 12.4. The van der Waals surface area contributed by atoms with Gasteiger partial charge in [-0.3, -0.25) is 9.78 Å². The fourth-order valence-electron chi connectivity index (χ4n) is 1.80. The van der Waals surface area contributed by atoms with E-state index in [-0.39, 0.29) is 5.78 Å². The van der Waals surface area contributed by atoms with Gasteiger partial charge in [-0.25, -0.2) is 0 Å². The van der Waals surface area contributed by atoms with E-state index in [1.165, 1.54) is 0 Å². The molecular formula is C14H7Cl2NOS. The monoisotopic (exact) mass is 307 g/mol. The number of hydrogen-bond donors (Lipinski definition) is 0. The van der Waals surface area contributed by atoms with Crippen molar-refractivity contribution in [3.63, 3.8) is 0 Å². The van der Waals surface area contributed by atoms with Crippen LogP contribution in [0, 0.1) is 0 Å². The van der Waals surface area contributed by atoms with Crippen molar-refractivity contribution in [1.82, 2.24) is 4.98 Å². The van der Waals surface area contributed by atoms with Gasteiger partial charge in [-0.05, 0) is 35.7 Å². The third kappa shape index (κ3) is 2.37. The number of aromatic nitrogens is 1. The summed E-state index contributed by atoms with van der Waals surface area (Å²) in [5.41, 5.74) is 1.80. The molecule has 0 unspecified atom stereocenters. The van der Waals surface area contributed by atoms with E-state index in [2.05, 4.69) is 4.98 Å². The summed E-state index contributed by atoms with van der Waals surface area (Å²) in [4.78, 5) is 16.7. The molecule has 0 atom stereocenters. The summed E-state index contributed by atoms with van der Waals surface area (Å²) in [5.74, 6) is -0.171. The minimum Gasteiger partial charge on any atom is -0.288 e. The third-order valence-corrected chi connectivity index (χ3v) is 4.16. The number of rotatable bonds is 2. The molecule has 94 valence electrons. The van der Waals surface area contributed by atoms with Gasteiger partial charge in [0, 0.05) is 22.3 Å². The van der Waals surface area contributed by atoms with Gasteiger partial charge in [0.05, 0.1) is 15.2 Å². The number of fused-ring (bicyclic) bond motifs is 1. The van der Waals surface area contributed by atoms with Crippen LogP contribution in [-0.2, 0) is 0 Å². The topological polar surface area (TPSA) is 30.0 Å². The molecule has 0 spiro atoms. The number of ketones is 1. The molecule has 0 radical (unpaired) electrons. The Kier molecular flexibility index (Phi) is 3.27. The van der Waals surface area contributed by atoms with Crippen molar-refractivity contribution >= 4 is 50.5 Å². The van der Waals surface area contributed by atoms with Crippen LogP contribution < -0.4 is 0 Å². The molecule has 5 heteroatoms. The predicted octanol–water partition coefficient (Wildman–Crippen LogP) is 4.83. The Hall–Kier alpha value is -1.42. The molecule has 19 heavy (non-hydrogen) atoms. The highest BCUT2D eigenvalue weighted by Crippen LogP contribution is 2.25. The van der Waals surface area contributed by atoms with Crippen LogP contribution in [0.25, 0.3) is 10.2 Å². The second kappa shape index (κ2) is 4.93. The molecule has 0 fully saturated rings. The summed E-state index contributed by atoms with van der Waals surface area (Å²) < 4.78 is 0.976. The fourth-order valence-corrected chi connectivity index (χ4v) is 2.95. The van der Waals surface area contributed by atoms with E-state index in [0.29, 0.717) is 21.2 Å². The molecule has 3 aromatic rings. The number of carbonyl (C=O) groups excluding carboxylic acids is 1. The number of nitrogens with zero attached hydrogens (tertiary/aromatic N) is 1. The van der Waals surface area contributed by atoms with Crippen LogP contribution >= 0.6 is 34.5 Å². The van der Waals surface area contributed by atoms with Gasteiger partial charge in [0.15, 0.2) is 5.78 Å². The lowest BCUT2D eigenvalue weighted by Gasteiger charge is -2.04. The average molecular weight is 308 g/mol. The number of carbonyl (C=O) groups is 1. The van der Waals surface area contributed by atoms with E-state index in [4.69, 9.17) is 23.2 Å². The van der Waals surface area contributed by atoms with E-state index < -0.39 is 0 Å². The van der Waals surface area contributed by atoms with E-state index in [1.54, 1.807) is 35.7 Å². The van der Waals surface area contributed by atoms with Gasteiger partial charge in [-0.15, -0.1) is 11.3 Å². The maximum absolute atomic E-state index is 12.4. The fraction of sp³-hybridized carbons (Fsp3) is 0. The summed E-state index contributed by atoms with van der Waals surface area (Å²) >= 11 is 13.5. The van der Waals surface area contributed by atoms with Crippen molar-refractivity contribution in [1.29, 1.82) is 0 Å². The standard InChI is InChI=1S/C14H7Cl2NOS/c15-9-1-2-11(16)10(6-9)14(18)8-5-13-12(17-7-8)3-4-19-13/h1-7H. The smallest absolute Gasteiger partial charge is 0.196 e. The Morgan fingerprint density at radius 2 is 2.00 bits per heavy atom. The molecule has 0 aliphatic rings. The van der Waals surface area contributed by atoms with Crippen LogP contribution in [0.5, 0.6) is 0 Å². The van der Waals surface area contributed by atoms with Crippen molar-refractivity contribution in [3.05, 3.63) is 63.1 Å². The van der Waals surface area contributed by atoms with Crippen molar-refractivity contribution < 1.29 is 4.79 Å². The Morgan fingerprint density at radius 1 is 1.16 bits per heavy atom. The zero-order chi connectivity index (χ0) is 13.4. The molecule has 2 aromatic heterocycles. The molecule has 0 saturated carbocycles. The first-order valence-electron chi connectivity index (χ1n) is 5.48. The van der Waals surface area contributed by atoms with Gasteiger partial charge in [0.2, 0.25) is 0 Å². The largest absolute Gasteiger partial charge is 0.288 e. The van der Waals surface area contributed by atoms with Crippen molar-refractivity contribution in [2.75, 3.05) is 0 Å². The van der Waals surface area contributed by atoms with Crippen LogP contribution in [0.3, 0.4) is 0 Å². The Balaban J connectivity index is 2.09. The van der Waals surface area contributed by atoms with Crippen molar-refractivity contribution in [3.8, 4) is 0 Å². The summed E-state index contributed by atoms with van der Waals surface area (Å²) in [6.45, 7) is 0. The zero-order valence-electron chi connectivity index (χ0n) is 9.56. The minimum atomic E-state index is -0.171. The molecule has 0 bridgehead atoms. The summed E-state index contributed by atoms with van der Waals surface area (Å²) in [7, 11) is 0. The van der Waals surface area contributed by atoms with Gasteiger partial charge in [0.25, 0.3) is 0 Å². The molecular weight excluding hydrogens is 301 g/mol. The lowest BCUT2D eigenvalue weighted by atomic mass is 10.0. The molecule has 2 heterocycles. The summed E-state index contributed by atoms with van der Waals surface area (Å²) in [6.07, 6.45) is 1.56.